The fourth-order valence-corrected chi connectivity index (χ4v) is 2.86. The number of hydrogen-bond donors (Lipinski definition) is 3. The Balaban J connectivity index is 0.00000180. The second-order valence-corrected chi connectivity index (χ2v) is 5.57. The van der Waals surface area contributed by atoms with Crippen LogP contribution >= 0.6 is 24.0 Å². The first-order valence-electron chi connectivity index (χ1n) is 6.43. The lowest BCUT2D eigenvalue weighted by Gasteiger charge is -2.16. The number of β-amino-alcohol motifs (C(OH)–C–C–N with tert-alkyl or cyclic N) is 1. The van der Waals surface area contributed by atoms with Crippen LogP contribution in [0.3, 0.4) is 0 Å². The highest BCUT2D eigenvalue weighted by molar-refractivity contribution is 6.30. The van der Waals surface area contributed by atoms with Crippen molar-refractivity contribution < 1.29 is 5.11 Å². The molecule has 0 amide bonds. The molecule has 0 aliphatic carbocycles. The van der Waals surface area contributed by atoms with Gasteiger partial charge in [0.05, 0.1) is 6.10 Å². The first-order chi connectivity index (χ1) is 8.58. The lowest BCUT2D eigenvalue weighted by Crippen LogP contribution is -2.30. The van der Waals surface area contributed by atoms with E-state index in [4.69, 9.17) is 11.6 Å². The number of aliphatic hydroxyl groups is 1. The number of benzene rings is 1. The molecule has 0 aromatic heterocycles. The predicted octanol–water partition coefficient (Wildman–Crippen LogP) is 2.05. The van der Waals surface area contributed by atoms with E-state index in [0.717, 1.165) is 24.7 Å². The van der Waals surface area contributed by atoms with Crippen LogP contribution in [0.2, 0.25) is 5.02 Å². The number of rotatable bonds is 4. The smallest absolute Gasteiger partial charge is 0.0716 e. The van der Waals surface area contributed by atoms with Crippen molar-refractivity contribution in [1.29, 1.82) is 0 Å². The van der Waals surface area contributed by atoms with E-state index in [0.29, 0.717) is 12.5 Å². The Labute approximate surface area is 126 Å². The van der Waals surface area contributed by atoms with Gasteiger partial charge in [0.1, 0.15) is 0 Å². The summed E-state index contributed by atoms with van der Waals surface area (Å²) in [6, 6.07) is 4.00. The summed E-state index contributed by atoms with van der Waals surface area (Å²) in [7, 11) is 0. The molecular weight excluding hydrogens is 283 g/mol. The zero-order valence-corrected chi connectivity index (χ0v) is 12.9. The minimum absolute atomic E-state index is 0. The molecule has 0 radical (unpaired) electrons. The standard InChI is InChI=1S/C14H21ClN2O.ClH/c1-9-3-12(15)4-10(2)13(9)7-16-5-11-6-17-8-14(11)18;/h3-4,11,14,16-18H,5-8H2,1-2H3;1H. The minimum atomic E-state index is -0.218. The van der Waals surface area contributed by atoms with Crippen LogP contribution in [-0.4, -0.2) is 30.8 Å². The van der Waals surface area contributed by atoms with Crippen molar-refractivity contribution in [2.75, 3.05) is 19.6 Å². The average molecular weight is 305 g/mol. The zero-order chi connectivity index (χ0) is 13.1. The second-order valence-electron chi connectivity index (χ2n) is 5.13. The van der Waals surface area contributed by atoms with Crippen LogP contribution in [0.1, 0.15) is 16.7 Å². The summed E-state index contributed by atoms with van der Waals surface area (Å²) >= 11 is 6.02. The first-order valence-corrected chi connectivity index (χ1v) is 6.81. The highest BCUT2D eigenvalue weighted by atomic mass is 35.5. The van der Waals surface area contributed by atoms with Gasteiger partial charge in [-0.25, -0.2) is 0 Å². The zero-order valence-electron chi connectivity index (χ0n) is 11.4. The van der Waals surface area contributed by atoms with Crippen LogP contribution in [0.5, 0.6) is 0 Å². The molecule has 1 saturated heterocycles. The van der Waals surface area contributed by atoms with E-state index in [-0.39, 0.29) is 18.5 Å². The summed E-state index contributed by atoms with van der Waals surface area (Å²) < 4.78 is 0. The number of halogens is 2. The Kier molecular flexibility index (Phi) is 6.57. The molecule has 2 unspecified atom stereocenters. The number of hydrogen-bond acceptors (Lipinski definition) is 3. The molecule has 0 spiro atoms. The molecule has 0 bridgehead atoms. The highest BCUT2D eigenvalue weighted by Crippen LogP contribution is 2.20. The Hall–Kier alpha value is -0.320. The quantitative estimate of drug-likeness (QED) is 0.798. The van der Waals surface area contributed by atoms with E-state index in [1.54, 1.807) is 0 Å². The summed E-state index contributed by atoms with van der Waals surface area (Å²) in [6.45, 7) is 7.45. The van der Waals surface area contributed by atoms with Crippen LogP contribution < -0.4 is 10.6 Å². The van der Waals surface area contributed by atoms with Crippen LogP contribution in [-0.2, 0) is 6.54 Å². The van der Waals surface area contributed by atoms with Gasteiger partial charge in [-0.15, -0.1) is 12.4 Å². The van der Waals surface area contributed by atoms with E-state index in [1.807, 2.05) is 12.1 Å². The fraction of sp³-hybridized carbons (Fsp3) is 0.571. The monoisotopic (exact) mass is 304 g/mol. The molecule has 0 saturated carbocycles. The van der Waals surface area contributed by atoms with E-state index in [2.05, 4.69) is 24.5 Å². The van der Waals surface area contributed by atoms with Crippen molar-refractivity contribution in [3.8, 4) is 0 Å². The van der Waals surface area contributed by atoms with E-state index in [1.165, 1.54) is 16.7 Å². The van der Waals surface area contributed by atoms with Crippen molar-refractivity contribution in [3.63, 3.8) is 0 Å². The maximum absolute atomic E-state index is 9.71. The number of aliphatic hydroxyl groups excluding tert-OH is 1. The largest absolute Gasteiger partial charge is 0.391 e. The topological polar surface area (TPSA) is 44.3 Å². The molecule has 3 nitrogen and oxygen atoms in total. The van der Waals surface area contributed by atoms with Gasteiger partial charge in [-0.1, -0.05) is 11.6 Å². The summed E-state index contributed by atoms with van der Waals surface area (Å²) in [5.41, 5.74) is 3.75. The summed E-state index contributed by atoms with van der Waals surface area (Å²) in [5.74, 6) is 0.318. The Morgan fingerprint density at radius 1 is 1.32 bits per heavy atom. The van der Waals surface area contributed by atoms with Crippen molar-refractivity contribution >= 4 is 24.0 Å². The van der Waals surface area contributed by atoms with Crippen molar-refractivity contribution in [1.82, 2.24) is 10.6 Å². The molecule has 19 heavy (non-hydrogen) atoms. The third-order valence-electron chi connectivity index (χ3n) is 3.67. The molecule has 2 atom stereocenters. The lowest BCUT2D eigenvalue weighted by molar-refractivity contribution is 0.146. The Morgan fingerprint density at radius 3 is 2.47 bits per heavy atom. The van der Waals surface area contributed by atoms with Crippen LogP contribution in [0.15, 0.2) is 12.1 Å². The third-order valence-corrected chi connectivity index (χ3v) is 3.89. The maximum atomic E-state index is 9.71. The molecule has 3 N–H and O–H groups in total. The van der Waals surface area contributed by atoms with Crippen molar-refractivity contribution in [2.45, 2.75) is 26.5 Å². The van der Waals surface area contributed by atoms with E-state index < -0.39 is 0 Å². The fourth-order valence-electron chi connectivity index (χ4n) is 2.53. The van der Waals surface area contributed by atoms with Gasteiger partial charge in [0.25, 0.3) is 0 Å². The van der Waals surface area contributed by atoms with Gasteiger partial charge in [-0.05, 0) is 42.7 Å². The van der Waals surface area contributed by atoms with Crippen LogP contribution in [0, 0.1) is 19.8 Å². The minimum Gasteiger partial charge on any atom is -0.391 e. The van der Waals surface area contributed by atoms with Gasteiger partial charge >= 0.3 is 0 Å². The Morgan fingerprint density at radius 2 is 1.95 bits per heavy atom. The molecule has 1 aliphatic heterocycles. The van der Waals surface area contributed by atoms with Crippen molar-refractivity contribution in [2.24, 2.45) is 5.92 Å². The SMILES string of the molecule is Cc1cc(Cl)cc(C)c1CNCC1CNCC1O.Cl. The molecular formula is C14H22Cl2N2O. The van der Waals surface area contributed by atoms with Gasteiger partial charge in [0.15, 0.2) is 0 Å². The molecule has 5 heteroatoms. The van der Waals surface area contributed by atoms with Crippen molar-refractivity contribution in [3.05, 3.63) is 33.8 Å². The predicted molar refractivity (Wildman–Crippen MR) is 82.2 cm³/mol. The second kappa shape index (κ2) is 7.46. The lowest BCUT2D eigenvalue weighted by atomic mass is 10.0. The Bertz CT molecular complexity index is 403. The third kappa shape index (κ3) is 4.33. The van der Waals surface area contributed by atoms with Crippen LogP contribution in [0.25, 0.3) is 0 Å². The molecule has 1 heterocycles. The molecule has 1 aromatic rings. The highest BCUT2D eigenvalue weighted by Gasteiger charge is 2.24. The summed E-state index contributed by atoms with van der Waals surface area (Å²) in [6.07, 6.45) is -0.218. The van der Waals surface area contributed by atoms with Gasteiger partial charge < -0.3 is 15.7 Å². The molecule has 1 aromatic carbocycles. The number of aryl methyl sites for hydroxylation is 2. The molecule has 108 valence electrons. The van der Waals surface area contributed by atoms with Gasteiger partial charge in [-0.2, -0.15) is 0 Å². The summed E-state index contributed by atoms with van der Waals surface area (Å²) in [4.78, 5) is 0. The molecule has 1 aliphatic rings. The maximum Gasteiger partial charge on any atom is 0.0716 e. The first kappa shape index (κ1) is 16.7. The van der Waals surface area contributed by atoms with Crippen LogP contribution in [0.4, 0.5) is 0 Å². The van der Waals surface area contributed by atoms with Gasteiger partial charge in [-0.3, -0.25) is 0 Å². The van der Waals surface area contributed by atoms with E-state index >= 15 is 0 Å². The van der Waals surface area contributed by atoms with Gasteiger partial charge in [0, 0.05) is 37.1 Å². The van der Waals surface area contributed by atoms with Gasteiger partial charge in [0.2, 0.25) is 0 Å². The number of nitrogens with one attached hydrogen (secondary N) is 2. The summed E-state index contributed by atoms with van der Waals surface area (Å²) in [5, 5.41) is 17.1. The van der Waals surface area contributed by atoms with E-state index in [9.17, 15) is 5.11 Å². The normalized spacial score (nSPS) is 22.3. The average Bonchev–Trinajstić information content (AvgIpc) is 2.68. The molecule has 1 fully saturated rings. The molecule has 2 rings (SSSR count).